The van der Waals surface area contributed by atoms with Gasteiger partial charge in [0.2, 0.25) is 17.8 Å². The van der Waals surface area contributed by atoms with Crippen LogP contribution in [0.15, 0.2) is 36.5 Å². The first-order chi connectivity index (χ1) is 11.0. The number of hydrogen-bond donors (Lipinski definition) is 0. The minimum Gasteiger partial charge on any atom is -0.340 e. The van der Waals surface area contributed by atoms with Gasteiger partial charge < -0.3 is 9.80 Å². The van der Waals surface area contributed by atoms with Crippen LogP contribution in [0.4, 0.5) is 10.1 Å². The molecule has 0 atom stereocenters. The molecule has 1 aromatic carbocycles. The van der Waals surface area contributed by atoms with Crippen molar-refractivity contribution in [3.63, 3.8) is 0 Å². The number of amides is 2. The Morgan fingerprint density at radius 2 is 1.91 bits per heavy atom. The van der Waals surface area contributed by atoms with E-state index in [1.54, 1.807) is 18.0 Å². The van der Waals surface area contributed by atoms with Crippen LogP contribution in [0.3, 0.4) is 0 Å². The van der Waals surface area contributed by atoms with Gasteiger partial charge in [0.05, 0.1) is 0 Å². The third-order valence-corrected chi connectivity index (χ3v) is 3.94. The second-order valence-electron chi connectivity index (χ2n) is 5.57. The number of likely N-dealkylation sites (N-methyl/N-ethyl adjacent to an activating group) is 1. The van der Waals surface area contributed by atoms with Crippen molar-refractivity contribution >= 4 is 17.5 Å². The molecule has 0 bridgehead atoms. The number of hydrogen-bond acceptors (Lipinski definition) is 3. The molecule has 0 saturated carbocycles. The second-order valence-corrected chi connectivity index (χ2v) is 5.57. The van der Waals surface area contributed by atoms with Crippen LogP contribution in [0.2, 0.25) is 0 Å². The summed E-state index contributed by atoms with van der Waals surface area (Å²) in [4.78, 5) is 30.7. The molecule has 1 aliphatic heterocycles. The first-order valence-electron chi connectivity index (χ1n) is 7.22. The minimum atomic E-state index is -0.541. The standard InChI is InChI=1S/C17H16FN3O2/c1-11(22)21-10-17(23)20(2)9-14-4-3-12(7-15(14)21)13-5-6-16(18)19-8-13/h3-8H,9-10H2,1-2H3. The summed E-state index contributed by atoms with van der Waals surface area (Å²) in [6.45, 7) is 1.90. The van der Waals surface area contributed by atoms with Crippen LogP contribution in [-0.4, -0.2) is 35.3 Å². The van der Waals surface area contributed by atoms with Crippen LogP contribution < -0.4 is 4.90 Å². The van der Waals surface area contributed by atoms with Gasteiger partial charge in [0, 0.05) is 38.0 Å². The molecule has 0 radical (unpaired) electrons. The summed E-state index contributed by atoms with van der Waals surface area (Å²) in [6, 6.07) is 8.55. The molecule has 2 heterocycles. The predicted molar refractivity (Wildman–Crippen MR) is 84.1 cm³/mol. The monoisotopic (exact) mass is 313 g/mol. The SMILES string of the molecule is CC(=O)N1CC(=O)N(C)Cc2ccc(-c3ccc(F)nc3)cc21. The third kappa shape index (κ3) is 2.92. The van der Waals surface area contributed by atoms with Gasteiger partial charge in [-0.15, -0.1) is 0 Å². The molecule has 1 aliphatic rings. The number of pyridine rings is 1. The zero-order chi connectivity index (χ0) is 16.6. The molecule has 0 aliphatic carbocycles. The van der Waals surface area contributed by atoms with Gasteiger partial charge >= 0.3 is 0 Å². The van der Waals surface area contributed by atoms with Crippen LogP contribution >= 0.6 is 0 Å². The van der Waals surface area contributed by atoms with Gasteiger partial charge in [0.1, 0.15) is 6.54 Å². The van der Waals surface area contributed by atoms with E-state index in [9.17, 15) is 14.0 Å². The van der Waals surface area contributed by atoms with Gasteiger partial charge in [0.15, 0.2) is 0 Å². The van der Waals surface area contributed by atoms with Crippen LogP contribution in [0.1, 0.15) is 12.5 Å². The fourth-order valence-electron chi connectivity index (χ4n) is 2.64. The molecule has 2 amide bonds. The van der Waals surface area contributed by atoms with E-state index >= 15 is 0 Å². The quantitative estimate of drug-likeness (QED) is 0.759. The zero-order valence-electron chi connectivity index (χ0n) is 12.9. The highest BCUT2D eigenvalue weighted by molar-refractivity contribution is 5.99. The van der Waals surface area contributed by atoms with Crippen molar-refractivity contribution in [2.24, 2.45) is 0 Å². The van der Waals surface area contributed by atoms with E-state index in [4.69, 9.17) is 0 Å². The Kier molecular flexibility index (Phi) is 3.82. The number of fused-ring (bicyclic) bond motifs is 1. The Labute approximate surface area is 133 Å². The number of rotatable bonds is 1. The van der Waals surface area contributed by atoms with Gasteiger partial charge in [-0.2, -0.15) is 4.39 Å². The van der Waals surface area contributed by atoms with Crippen molar-refractivity contribution in [1.29, 1.82) is 0 Å². The normalized spacial score (nSPS) is 14.5. The van der Waals surface area contributed by atoms with Gasteiger partial charge in [-0.05, 0) is 29.3 Å². The molecule has 5 nitrogen and oxygen atoms in total. The summed E-state index contributed by atoms with van der Waals surface area (Å²) in [6.07, 6.45) is 1.45. The van der Waals surface area contributed by atoms with E-state index < -0.39 is 5.95 Å². The highest BCUT2D eigenvalue weighted by atomic mass is 19.1. The van der Waals surface area contributed by atoms with E-state index in [1.807, 2.05) is 18.2 Å². The largest absolute Gasteiger partial charge is 0.340 e. The van der Waals surface area contributed by atoms with Crippen molar-refractivity contribution in [2.75, 3.05) is 18.5 Å². The highest BCUT2D eigenvalue weighted by Crippen LogP contribution is 2.30. The molecule has 0 N–H and O–H groups in total. The first kappa shape index (κ1) is 15.1. The van der Waals surface area contributed by atoms with E-state index in [-0.39, 0.29) is 18.4 Å². The number of nitrogens with zero attached hydrogens (tertiary/aromatic N) is 3. The van der Waals surface area contributed by atoms with Gasteiger partial charge in [-0.25, -0.2) is 4.98 Å². The predicted octanol–water partition coefficient (Wildman–Crippen LogP) is 2.21. The fourth-order valence-corrected chi connectivity index (χ4v) is 2.64. The van der Waals surface area contributed by atoms with E-state index in [0.717, 1.165) is 16.7 Å². The first-order valence-corrected chi connectivity index (χ1v) is 7.22. The number of carbonyl (C=O) groups is 2. The summed E-state index contributed by atoms with van der Waals surface area (Å²) < 4.78 is 13.0. The minimum absolute atomic E-state index is 0.0178. The van der Waals surface area contributed by atoms with Crippen molar-refractivity contribution in [3.8, 4) is 11.1 Å². The van der Waals surface area contributed by atoms with Crippen LogP contribution in [0.5, 0.6) is 0 Å². The van der Waals surface area contributed by atoms with E-state index in [0.29, 0.717) is 12.2 Å². The number of halogens is 1. The number of anilines is 1. The Morgan fingerprint density at radius 1 is 1.17 bits per heavy atom. The molecule has 23 heavy (non-hydrogen) atoms. The van der Waals surface area contributed by atoms with Gasteiger partial charge in [-0.1, -0.05) is 12.1 Å². The van der Waals surface area contributed by atoms with Crippen molar-refractivity contribution in [3.05, 3.63) is 48.0 Å². The topological polar surface area (TPSA) is 53.5 Å². The lowest BCUT2D eigenvalue weighted by Crippen LogP contribution is -2.37. The average Bonchev–Trinajstić information content (AvgIpc) is 2.65. The summed E-state index contributed by atoms with van der Waals surface area (Å²) in [5.74, 6) is -0.841. The Balaban J connectivity index is 2.09. The molecular formula is C17H16FN3O2. The molecular weight excluding hydrogens is 297 g/mol. The van der Waals surface area contributed by atoms with Crippen LogP contribution in [0.25, 0.3) is 11.1 Å². The molecule has 1 aromatic heterocycles. The lowest BCUT2D eigenvalue weighted by atomic mass is 10.0. The van der Waals surface area contributed by atoms with Gasteiger partial charge in [0.25, 0.3) is 0 Å². The van der Waals surface area contributed by atoms with Crippen LogP contribution in [-0.2, 0) is 16.1 Å². The van der Waals surface area contributed by atoms with Crippen LogP contribution in [0, 0.1) is 5.95 Å². The van der Waals surface area contributed by atoms with E-state index in [1.165, 1.54) is 24.1 Å². The Hall–Kier alpha value is -2.76. The lowest BCUT2D eigenvalue weighted by Gasteiger charge is -2.20. The molecule has 118 valence electrons. The maximum Gasteiger partial charge on any atom is 0.242 e. The summed E-state index contributed by atoms with van der Waals surface area (Å²) >= 11 is 0. The molecule has 0 unspecified atom stereocenters. The third-order valence-electron chi connectivity index (χ3n) is 3.94. The average molecular weight is 313 g/mol. The summed E-state index contributed by atoms with van der Waals surface area (Å²) in [7, 11) is 1.72. The molecule has 0 fully saturated rings. The molecule has 3 rings (SSSR count). The molecule has 2 aromatic rings. The molecule has 0 saturated heterocycles. The lowest BCUT2D eigenvalue weighted by molar-refractivity contribution is -0.130. The number of carbonyl (C=O) groups excluding carboxylic acids is 2. The van der Waals surface area contributed by atoms with Crippen molar-refractivity contribution < 1.29 is 14.0 Å². The number of benzene rings is 1. The molecule has 6 heteroatoms. The molecule has 0 spiro atoms. The maximum atomic E-state index is 13.0. The van der Waals surface area contributed by atoms with Gasteiger partial charge in [-0.3, -0.25) is 9.59 Å². The second kappa shape index (κ2) is 5.79. The summed E-state index contributed by atoms with van der Waals surface area (Å²) in [5, 5.41) is 0. The summed E-state index contributed by atoms with van der Waals surface area (Å²) in [5.41, 5.74) is 3.17. The maximum absolute atomic E-state index is 13.0. The Morgan fingerprint density at radius 3 is 2.57 bits per heavy atom. The fraction of sp³-hybridized carbons (Fsp3) is 0.235. The van der Waals surface area contributed by atoms with E-state index in [2.05, 4.69) is 4.98 Å². The highest BCUT2D eigenvalue weighted by Gasteiger charge is 2.25. The smallest absolute Gasteiger partial charge is 0.242 e. The Bertz CT molecular complexity index is 774. The van der Waals surface area contributed by atoms with Crippen molar-refractivity contribution in [1.82, 2.24) is 9.88 Å². The zero-order valence-corrected chi connectivity index (χ0v) is 12.9. The number of aromatic nitrogens is 1. The van der Waals surface area contributed by atoms with Crippen molar-refractivity contribution in [2.45, 2.75) is 13.5 Å².